The molecule has 0 heterocycles. The Morgan fingerprint density at radius 2 is 1.84 bits per heavy atom. The lowest BCUT2D eigenvalue weighted by atomic mass is 9.73. The first-order valence-corrected chi connectivity index (χ1v) is 13.5. The maximum atomic E-state index is 13.6. The number of aliphatic hydroxyl groups is 2. The number of aliphatic hydroxyl groups excluding tert-OH is 1. The Hall–Kier alpha value is -2.51. The minimum Gasteiger partial charge on any atom is -0.469 e. The van der Waals surface area contributed by atoms with E-state index in [4.69, 9.17) is 4.74 Å². The van der Waals surface area contributed by atoms with Crippen LogP contribution in [0.15, 0.2) is 42.5 Å². The quantitative estimate of drug-likeness (QED) is 0.179. The molecule has 0 aromatic heterocycles. The molecule has 2 rings (SSSR count). The van der Waals surface area contributed by atoms with Crippen LogP contribution in [0.4, 0.5) is 0 Å². The highest BCUT2D eigenvalue weighted by Gasteiger charge is 2.58. The Labute approximate surface area is 221 Å². The number of esters is 2. The number of carbonyl (C=O) groups excluding carboxylic acids is 3. The molecule has 0 saturated heterocycles. The van der Waals surface area contributed by atoms with Gasteiger partial charge in [-0.05, 0) is 38.2 Å². The number of ketones is 1. The summed E-state index contributed by atoms with van der Waals surface area (Å²) in [5.41, 5.74) is -1.61. The number of hydrogen-bond donors (Lipinski definition) is 2. The summed E-state index contributed by atoms with van der Waals surface area (Å²) in [4.78, 5) is 37.9. The van der Waals surface area contributed by atoms with Gasteiger partial charge in [0.2, 0.25) is 0 Å². The van der Waals surface area contributed by atoms with Gasteiger partial charge >= 0.3 is 11.9 Å². The van der Waals surface area contributed by atoms with Crippen molar-refractivity contribution in [2.75, 3.05) is 7.11 Å². The molecule has 7 nitrogen and oxygen atoms in total. The molecular formula is C30H44O7. The van der Waals surface area contributed by atoms with Gasteiger partial charge in [-0.3, -0.25) is 14.4 Å². The standard InChI is InChI=1S/C30H44O7/c1-4-5-18-29(2,35)19-13-20-30(28(34)37-22-23-14-9-8-10-15-23)24(25(31)21-26(30)32)16-11-6-7-12-17-27(33)36-3/h8-10,13-15,20,24,26,32,35H,4-7,11-12,16-19,21-22H2,1-3H3/b20-13+/t24-,26+,29?,30+/m0/s1. The van der Waals surface area contributed by atoms with E-state index in [-0.39, 0.29) is 24.8 Å². The van der Waals surface area contributed by atoms with E-state index in [0.717, 1.165) is 31.2 Å². The van der Waals surface area contributed by atoms with Gasteiger partial charge in [-0.15, -0.1) is 0 Å². The topological polar surface area (TPSA) is 110 Å². The number of hydrogen-bond acceptors (Lipinski definition) is 7. The van der Waals surface area contributed by atoms with Gasteiger partial charge in [0.05, 0.1) is 18.8 Å². The smallest absolute Gasteiger partial charge is 0.319 e. The minimum atomic E-state index is -1.49. The largest absolute Gasteiger partial charge is 0.469 e. The number of benzene rings is 1. The number of Topliss-reactive ketones (excluding diaryl/α,β-unsaturated/α-hetero) is 1. The summed E-state index contributed by atoms with van der Waals surface area (Å²) in [6.45, 7) is 3.87. The van der Waals surface area contributed by atoms with Crippen molar-refractivity contribution < 1.29 is 34.1 Å². The van der Waals surface area contributed by atoms with E-state index in [1.807, 2.05) is 30.3 Å². The first-order chi connectivity index (χ1) is 17.7. The van der Waals surface area contributed by atoms with Crippen molar-refractivity contribution in [1.82, 2.24) is 0 Å². The number of unbranched alkanes of at least 4 members (excludes halogenated alkanes) is 4. The predicted octanol–water partition coefficient (Wildman–Crippen LogP) is 5.07. The van der Waals surface area contributed by atoms with E-state index in [2.05, 4.69) is 11.7 Å². The number of methoxy groups -OCH3 is 1. The zero-order valence-corrected chi connectivity index (χ0v) is 22.6. The van der Waals surface area contributed by atoms with Crippen LogP contribution in [0.25, 0.3) is 0 Å². The lowest BCUT2D eigenvalue weighted by molar-refractivity contribution is -0.162. The monoisotopic (exact) mass is 516 g/mol. The molecule has 1 saturated carbocycles. The first kappa shape index (κ1) is 30.7. The maximum Gasteiger partial charge on any atom is 0.319 e. The molecule has 1 fully saturated rings. The highest BCUT2D eigenvalue weighted by atomic mass is 16.5. The number of rotatable bonds is 16. The molecule has 0 bridgehead atoms. The lowest BCUT2D eigenvalue weighted by Crippen LogP contribution is -2.44. The van der Waals surface area contributed by atoms with Crippen LogP contribution in [0.3, 0.4) is 0 Å². The van der Waals surface area contributed by atoms with Crippen molar-refractivity contribution >= 4 is 17.7 Å². The van der Waals surface area contributed by atoms with Crippen molar-refractivity contribution in [2.45, 2.75) is 103 Å². The maximum absolute atomic E-state index is 13.6. The van der Waals surface area contributed by atoms with E-state index in [1.165, 1.54) is 7.11 Å². The minimum absolute atomic E-state index is 0.0463. The molecule has 37 heavy (non-hydrogen) atoms. The van der Waals surface area contributed by atoms with Crippen LogP contribution < -0.4 is 0 Å². The van der Waals surface area contributed by atoms with Crippen molar-refractivity contribution in [1.29, 1.82) is 0 Å². The molecule has 1 aromatic rings. The highest BCUT2D eigenvalue weighted by molar-refractivity contribution is 5.95. The van der Waals surface area contributed by atoms with E-state index >= 15 is 0 Å². The van der Waals surface area contributed by atoms with Gasteiger partial charge in [-0.2, -0.15) is 0 Å². The normalized spacial score (nSPS) is 23.2. The van der Waals surface area contributed by atoms with Crippen molar-refractivity contribution in [3.05, 3.63) is 48.0 Å². The fourth-order valence-corrected chi connectivity index (χ4v) is 5.06. The van der Waals surface area contributed by atoms with E-state index in [1.54, 1.807) is 19.1 Å². The fourth-order valence-electron chi connectivity index (χ4n) is 5.06. The molecule has 1 unspecified atom stereocenters. The molecule has 0 radical (unpaired) electrons. The van der Waals surface area contributed by atoms with Gasteiger partial charge in [0.1, 0.15) is 17.8 Å². The van der Waals surface area contributed by atoms with Crippen molar-refractivity contribution in [3.8, 4) is 0 Å². The Morgan fingerprint density at radius 1 is 1.14 bits per heavy atom. The second-order valence-corrected chi connectivity index (χ2v) is 10.5. The number of carbonyl (C=O) groups is 3. The summed E-state index contributed by atoms with van der Waals surface area (Å²) in [7, 11) is 1.37. The predicted molar refractivity (Wildman–Crippen MR) is 141 cm³/mol. The van der Waals surface area contributed by atoms with Crippen LogP contribution >= 0.6 is 0 Å². The molecule has 4 atom stereocenters. The van der Waals surface area contributed by atoms with Crippen LogP contribution in [-0.4, -0.2) is 46.7 Å². The van der Waals surface area contributed by atoms with Crippen LogP contribution in [0.1, 0.15) is 90.0 Å². The van der Waals surface area contributed by atoms with E-state index in [0.29, 0.717) is 38.5 Å². The number of ether oxygens (including phenoxy) is 2. The lowest BCUT2D eigenvalue weighted by Gasteiger charge is -2.33. The van der Waals surface area contributed by atoms with Crippen LogP contribution in [0.5, 0.6) is 0 Å². The molecule has 0 spiro atoms. The summed E-state index contributed by atoms with van der Waals surface area (Å²) in [6.07, 6.45) is 8.59. The fraction of sp³-hybridized carbons (Fsp3) is 0.633. The van der Waals surface area contributed by atoms with E-state index < -0.39 is 29.0 Å². The van der Waals surface area contributed by atoms with Gasteiger partial charge in [0, 0.05) is 18.8 Å². The van der Waals surface area contributed by atoms with Crippen molar-refractivity contribution in [3.63, 3.8) is 0 Å². The molecule has 1 aromatic carbocycles. The van der Waals surface area contributed by atoms with Gasteiger partial charge in [-0.25, -0.2) is 0 Å². The molecule has 7 heteroatoms. The summed E-state index contributed by atoms with van der Waals surface area (Å²) >= 11 is 0. The zero-order valence-electron chi connectivity index (χ0n) is 22.6. The average molecular weight is 517 g/mol. The first-order valence-electron chi connectivity index (χ1n) is 13.5. The molecule has 206 valence electrons. The summed E-state index contributed by atoms with van der Waals surface area (Å²) in [6, 6.07) is 9.29. The molecule has 1 aliphatic rings. The Balaban J connectivity index is 2.18. The van der Waals surface area contributed by atoms with Gasteiger partial charge in [-0.1, -0.05) is 81.5 Å². The SMILES string of the molecule is CCCCC(C)(O)C/C=C/[C@]1(C(=O)OCc2ccccc2)[C@H](O)CC(=O)[C@@H]1CCCCCCC(=O)OC. The summed E-state index contributed by atoms with van der Waals surface area (Å²) < 4.78 is 10.3. The molecule has 0 aliphatic heterocycles. The zero-order chi connectivity index (χ0) is 27.3. The molecule has 0 amide bonds. The summed E-state index contributed by atoms with van der Waals surface area (Å²) in [5.74, 6) is -1.71. The van der Waals surface area contributed by atoms with Crippen LogP contribution in [0, 0.1) is 11.3 Å². The van der Waals surface area contributed by atoms with Gasteiger partial charge in [0.25, 0.3) is 0 Å². The van der Waals surface area contributed by atoms with E-state index in [9.17, 15) is 24.6 Å². The molecule has 1 aliphatic carbocycles. The van der Waals surface area contributed by atoms with Crippen LogP contribution in [0.2, 0.25) is 0 Å². The Kier molecular flexibility index (Phi) is 12.5. The molecular weight excluding hydrogens is 472 g/mol. The van der Waals surface area contributed by atoms with Gasteiger partial charge in [0.15, 0.2) is 0 Å². The Bertz CT molecular complexity index is 892. The average Bonchev–Trinajstić information content (AvgIpc) is 3.12. The third kappa shape index (κ3) is 9.08. The Morgan fingerprint density at radius 3 is 2.51 bits per heavy atom. The molecule has 2 N–H and O–H groups in total. The van der Waals surface area contributed by atoms with Crippen LogP contribution in [-0.2, 0) is 30.5 Å². The highest BCUT2D eigenvalue weighted by Crippen LogP contribution is 2.47. The second kappa shape index (κ2) is 15.0. The van der Waals surface area contributed by atoms with Crippen molar-refractivity contribution in [2.24, 2.45) is 11.3 Å². The second-order valence-electron chi connectivity index (χ2n) is 10.5. The third-order valence-corrected chi connectivity index (χ3v) is 7.35. The third-order valence-electron chi connectivity index (χ3n) is 7.35. The van der Waals surface area contributed by atoms with Gasteiger partial charge < -0.3 is 19.7 Å². The summed E-state index contributed by atoms with van der Waals surface area (Å²) in [5, 5.41) is 21.8.